The maximum atomic E-state index is 12.2. The van der Waals surface area contributed by atoms with Gasteiger partial charge < -0.3 is 5.32 Å². The van der Waals surface area contributed by atoms with Crippen LogP contribution in [0.5, 0.6) is 0 Å². The molecule has 1 amide bonds. The summed E-state index contributed by atoms with van der Waals surface area (Å²) in [7, 11) is 0. The van der Waals surface area contributed by atoms with Crippen LogP contribution in [0.15, 0.2) is 53.5 Å². The molecule has 22 heavy (non-hydrogen) atoms. The van der Waals surface area contributed by atoms with Gasteiger partial charge in [-0.25, -0.2) is 4.68 Å². The van der Waals surface area contributed by atoms with E-state index in [1.54, 1.807) is 48.7 Å². The molecule has 0 aliphatic heterocycles. The van der Waals surface area contributed by atoms with Gasteiger partial charge >= 0.3 is 0 Å². The van der Waals surface area contributed by atoms with E-state index in [-0.39, 0.29) is 24.6 Å². The lowest BCUT2D eigenvalue weighted by molar-refractivity contribution is 0.0946. The highest BCUT2D eigenvalue weighted by molar-refractivity contribution is 5.92. The van der Waals surface area contributed by atoms with E-state index >= 15 is 0 Å². The molecule has 0 radical (unpaired) electrons. The Kier molecular flexibility index (Phi) is 3.86. The van der Waals surface area contributed by atoms with Gasteiger partial charge in [-0.2, -0.15) is 0 Å². The van der Waals surface area contributed by atoms with E-state index in [4.69, 9.17) is 0 Å². The first kappa shape index (κ1) is 13.9. The van der Waals surface area contributed by atoms with Gasteiger partial charge in [0.25, 0.3) is 11.5 Å². The number of benzene rings is 1. The molecule has 3 aromatic rings. The first-order valence-corrected chi connectivity index (χ1v) is 6.77. The van der Waals surface area contributed by atoms with Crippen LogP contribution >= 0.6 is 0 Å². The van der Waals surface area contributed by atoms with E-state index in [0.29, 0.717) is 16.6 Å². The third-order valence-corrected chi connectivity index (χ3v) is 3.14. The minimum absolute atomic E-state index is 0.224. The Labute approximate surface area is 125 Å². The number of hydrogen-bond donors (Lipinski definition) is 1. The normalized spacial score (nSPS) is 10.5. The molecular weight excluding hydrogens is 282 g/mol. The number of nitrogens with zero attached hydrogens (tertiary/aromatic N) is 4. The minimum atomic E-state index is -0.289. The van der Waals surface area contributed by atoms with Gasteiger partial charge in [-0.05, 0) is 24.3 Å². The highest BCUT2D eigenvalue weighted by Gasteiger charge is 2.07. The lowest BCUT2D eigenvalue weighted by Gasteiger charge is -2.06. The van der Waals surface area contributed by atoms with Crippen LogP contribution in [0, 0.1) is 0 Å². The van der Waals surface area contributed by atoms with Crippen LogP contribution < -0.4 is 10.9 Å². The van der Waals surface area contributed by atoms with E-state index in [9.17, 15) is 9.59 Å². The Morgan fingerprint density at radius 3 is 2.77 bits per heavy atom. The van der Waals surface area contributed by atoms with Crippen molar-refractivity contribution >= 4 is 16.8 Å². The summed E-state index contributed by atoms with van der Waals surface area (Å²) in [4.78, 5) is 28.0. The Morgan fingerprint density at radius 1 is 1.14 bits per heavy atom. The molecule has 0 saturated carbocycles. The number of hydrogen-bond acceptors (Lipinski definition) is 5. The number of pyridine rings is 1. The van der Waals surface area contributed by atoms with Crippen LogP contribution in [0.2, 0.25) is 0 Å². The predicted octanol–water partition coefficient (Wildman–Crippen LogP) is 0.616. The third kappa shape index (κ3) is 2.83. The molecular formula is C15H13N5O2. The molecule has 0 unspecified atom stereocenters. The topological polar surface area (TPSA) is 89.8 Å². The molecule has 110 valence electrons. The van der Waals surface area contributed by atoms with Gasteiger partial charge in [-0.15, -0.1) is 5.10 Å². The van der Waals surface area contributed by atoms with Crippen LogP contribution in [0.25, 0.3) is 10.9 Å². The zero-order valence-electron chi connectivity index (χ0n) is 11.6. The Morgan fingerprint density at radius 2 is 1.95 bits per heavy atom. The van der Waals surface area contributed by atoms with E-state index < -0.39 is 0 Å². The lowest BCUT2D eigenvalue weighted by atomic mass is 10.2. The minimum Gasteiger partial charge on any atom is -0.349 e. The molecule has 1 N–H and O–H groups in total. The average Bonchev–Trinajstić information content (AvgIpc) is 2.58. The number of rotatable bonds is 4. The van der Waals surface area contributed by atoms with Crippen molar-refractivity contribution in [2.24, 2.45) is 0 Å². The summed E-state index contributed by atoms with van der Waals surface area (Å²) < 4.78 is 1.24. The fraction of sp³-hybridized carbons (Fsp3) is 0.133. The van der Waals surface area contributed by atoms with Gasteiger partial charge in [0.15, 0.2) is 0 Å². The number of aromatic nitrogens is 4. The highest BCUT2D eigenvalue weighted by atomic mass is 16.2. The number of carbonyl (C=O) groups excluding carboxylic acids is 1. The van der Waals surface area contributed by atoms with Crippen molar-refractivity contribution in [3.8, 4) is 0 Å². The van der Waals surface area contributed by atoms with Gasteiger partial charge in [0.2, 0.25) is 0 Å². The SMILES string of the molecule is O=C(NCCn1nnc2ccccc2c1=O)c1ccccn1. The van der Waals surface area contributed by atoms with Crippen molar-refractivity contribution in [1.29, 1.82) is 0 Å². The molecule has 7 nitrogen and oxygen atoms in total. The lowest BCUT2D eigenvalue weighted by Crippen LogP contribution is -2.32. The Hall–Kier alpha value is -3.09. The van der Waals surface area contributed by atoms with Crippen molar-refractivity contribution < 1.29 is 4.79 Å². The number of carbonyl (C=O) groups is 1. The van der Waals surface area contributed by atoms with E-state index in [1.165, 1.54) is 4.68 Å². The standard InChI is InChI=1S/C15H13N5O2/c21-14(13-7-3-4-8-16-13)17-9-10-20-15(22)11-5-1-2-6-12(11)18-19-20/h1-8H,9-10H2,(H,17,21). The molecule has 0 fully saturated rings. The zero-order chi connectivity index (χ0) is 15.4. The molecule has 1 aromatic carbocycles. The molecule has 0 aliphatic carbocycles. The van der Waals surface area contributed by atoms with Crippen molar-refractivity contribution in [2.45, 2.75) is 6.54 Å². The first-order chi connectivity index (χ1) is 10.8. The summed E-state index contributed by atoms with van der Waals surface area (Å²) in [5.74, 6) is -0.289. The first-order valence-electron chi connectivity index (χ1n) is 6.77. The van der Waals surface area contributed by atoms with Crippen molar-refractivity contribution in [3.63, 3.8) is 0 Å². The monoisotopic (exact) mass is 295 g/mol. The van der Waals surface area contributed by atoms with Crippen molar-refractivity contribution in [2.75, 3.05) is 6.54 Å². The summed E-state index contributed by atoms with van der Waals surface area (Å²) >= 11 is 0. The van der Waals surface area contributed by atoms with Crippen molar-refractivity contribution in [1.82, 2.24) is 25.3 Å². The quantitative estimate of drug-likeness (QED) is 0.762. The van der Waals surface area contributed by atoms with Crippen LogP contribution in [0.4, 0.5) is 0 Å². The smallest absolute Gasteiger partial charge is 0.277 e. The van der Waals surface area contributed by atoms with Gasteiger partial charge in [-0.3, -0.25) is 14.6 Å². The molecule has 0 atom stereocenters. The molecule has 0 bridgehead atoms. The van der Waals surface area contributed by atoms with E-state index in [1.807, 2.05) is 0 Å². The second-order valence-electron chi connectivity index (χ2n) is 4.61. The molecule has 2 heterocycles. The predicted molar refractivity (Wildman–Crippen MR) is 80.4 cm³/mol. The van der Waals surface area contributed by atoms with Crippen LogP contribution in [0.3, 0.4) is 0 Å². The largest absolute Gasteiger partial charge is 0.349 e. The maximum Gasteiger partial charge on any atom is 0.277 e. The second kappa shape index (κ2) is 6.13. The maximum absolute atomic E-state index is 12.2. The van der Waals surface area contributed by atoms with Crippen LogP contribution in [-0.4, -0.2) is 32.4 Å². The highest BCUT2D eigenvalue weighted by Crippen LogP contribution is 2.03. The fourth-order valence-electron chi connectivity index (χ4n) is 2.03. The number of amides is 1. The number of fused-ring (bicyclic) bond motifs is 1. The van der Waals surface area contributed by atoms with E-state index in [2.05, 4.69) is 20.6 Å². The fourth-order valence-corrected chi connectivity index (χ4v) is 2.03. The molecule has 3 rings (SSSR count). The summed E-state index contributed by atoms with van der Waals surface area (Å²) in [6, 6.07) is 12.1. The molecule has 0 aliphatic rings. The van der Waals surface area contributed by atoms with Gasteiger partial charge in [0, 0.05) is 12.7 Å². The second-order valence-corrected chi connectivity index (χ2v) is 4.61. The Balaban J connectivity index is 1.68. The summed E-state index contributed by atoms with van der Waals surface area (Å²) in [6.07, 6.45) is 1.55. The van der Waals surface area contributed by atoms with E-state index in [0.717, 1.165) is 0 Å². The van der Waals surface area contributed by atoms with Crippen LogP contribution in [-0.2, 0) is 6.54 Å². The molecule has 0 saturated heterocycles. The zero-order valence-corrected chi connectivity index (χ0v) is 11.6. The molecule has 2 aromatic heterocycles. The van der Waals surface area contributed by atoms with Gasteiger partial charge in [0.1, 0.15) is 11.2 Å². The summed E-state index contributed by atoms with van der Waals surface area (Å²) in [6.45, 7) is 0.511. The van der Waals surface area contributed by atoms with Gasteiger partial charge in [-0.1, -0.05) is 23.4 Å². The van der Waals surface area contributed by atoms with Crippen LogP contribution in [0.1, 0.15) is 10.5 Å². The average molecular weight is 295 g/mol. The third-order valence-electron chi connectivity index (χ3n) is 3.14. The summed E-state index contributed by atoms with van der Waals surface area (Å²) in [5, 5.41) is 11.1. The number of nitrogens with one attached hydrogen (secondary N) is 1. The molecule has 0 spiro atoms. The van der Waals surface area contributed by atoms with Crippen molar-refractivity contribution in [3.05, 3.63) is 64.7 Å². The van der Waals surface area contributed by atoms with Gasteiger partial charge in [0.05, 0.1) is 11.9 Å². The Bertz CT molecular complexity index is 860. The summed E-state index contributed by atoms with van der Waals surface area (Å²) in [5.41, 5.74) is 0.665. The molecule has 7 heteroatoms.